The summed E-state index contributed by atoms with van der Waals surface area (Å²) in [5.74, 6) is 1.77. The summed E-state index contributed by atoms with van der Waals surface area (Å²) in [5.41, 5.74) is 0.930. The van der Waals surface area contributed by atoms with Gasteiger partial charge in [-0.3, -0.25) is 4.90 Å². The predicted molar refractivity (Wildman–Crippen MR) is 71.3 cm³/mol. The van der Waals surface area contributed by atoms with Crippen molar-refractivity contribution in [1.29, 1.82) is 0 Å². The summed E-state index contributed by atoms with van der Waals surface area (Å²) in [5, 5.41) is 10.3. The summed E-state index contributed by atoms with van der Waals surface area (Å²) in [6.07, 6.45) is 1.24. The maximum atomic E-state index is 9.89. The molecular weight excluding hydrogens is 234 g/mol. The average molecular weight is 254 g/mol. The minimum absolute atomic E-state index is 0.237. The summed E-state index contributed by atoms with van der Waals surface area (Å²) in [6, 6.07) is 5.57. The van der Waals surface area contributed by atoms with E-state index in [1.54, 1.807) is 6.07 Å². The number of phenolic OH excluding ortho intramolecular Hbond substituents is 1. The molecule has 1 aromatic carbocycles. The minimum atomic E-state index is 0.237. The van der Waals surface area contributed by atoms with E-state index in [1.807, 2.05) is 12.1 Å². The Morgan fingerprint density at radius 3 is 2.82 bits per heavy atom. The molecule has 2 atom stereocenters. The fourth-order valence-electron chi connectivity index (χ4n) is 2.42. The van der Waals surface area contributed by atoms with Crippen molar-refractivity contribution >= 4 is 11.6 Å². The van der Waals surface area contributed by atoms with Crippen LogP contribution >= 0.6 is 11.6 Å². The van der Waals surface area contributed by atoms with Crippen LogP contribution < -0.4 is 0 Å². The predicted octanol–water partition coefficient (Wildman–Crippen LogP) is 3.52. The molecule has 0 amide bonds. The molecule has 1 aromatic rings. The van der Waals surface area contributed by atoms with Crippen molar-refractivity contribution < 1.29 is 5.11 Å². The molecule has 0 aliphatic carbocycles. The smallest absolute Gasteiger partial charge is 0.138 e. The molecular formula is C14H20ClNO. The van der Waals surface area contributed by atoms with Crippen molar-refractivity contribution in [1.82, 2.24) is 4.90 Å². The van der Waals surface area contributed by atoms with Crippen LogP contribution in [-0.2, 0) is 6.54 Å². The number of piperidine rings is 1. The van der Waals surface area contributed by atoms with E-state index in [4.69, 9.17) is 11.6 Å². The maximum Gasteiger partial charge on any atom is 0.138 e. The van der Waals surface area contributed by atoms with Gasteiger partial charge in [0.25, 0.3) is 0 Å². The van der Waals surface area contributed by atoms with Gasteiger partial charge in [-0.2, -0.15) is 0 Å². The second-order valence-corrected chi connectivity index (χ2v) is 5.63. The molecule has 94 valence electrons. The SMILES string of the molecule is CC1CCN(Cc2cccc(Cl)c2O)CC1C. The molecule has 1 aliphatic heterocycles. The van der Waals surface area contributed by atoms with Crippen LogP contribution in [0, 0.1) is 11.8 Å². The molecule has 0 aromatic heterocycles. The molecule has 1 saturated heterocycles. The Hall–Kier alpha value is -0.730. The van der Waals surface area contributed by atoms with E-state index in [2.05, 4.69) is 18.7 Å². The van der Waals surface area contributed by atoms with Crippen LogP contribution in [0.3, 0.4) is 0 Å². The number of aromatic hydroxyl groups is 1. The first-order valence-corrected chi connectivity index (χ1v) is 6.64. The molecule has 0 radical (unpaired) electrons. The van der Waals surface area contributed by atoms with E-state index in [0.29, 0.717) is 5.02 Å². The first kappa shape index (κ1) is 12.7. The van der Waals surface area contributed by atoms with Gasteiger partial charge in [0.1, 0.15) is 5.75 Å². The first-order chi connectivity index (χ1) is 8.08. The van der Waals surface area contributed by atoms with Gasteiger partial charge < -0.3 is 5.11 Å². The number of phenols is 1. The van der Waals surface area contributed by atoms with E-state index in [-0.39, 0.29) is 5.75 Å². The number of nitrogens with zero attached hydrogens (tertiary/aromatic N) is 1. The second kappa shape index (κ2) is 5.28. The zero-order valence-corrected chi connectivity index (χ0v) is 11.2. The number of halogens is 1. The Balaban J connectivity index is 2.04. The van der Waals surface area contributed by atoms with Crippen molar-refractivity contribution in [3.05, 3.63) is 28.8 Å². The van der Waals surface area contributed by atoms with E-state index in [0.717, 1.165) is 37.0 Å². The summed E-state index contributed by atoms with van der Waals surface area (Å²) < 4.78 is 0. The van der Waals surface area contributed by atoms with Gasteiger partial charge in [-0.05, 0) is 30.9 Å². The van der Waals surface area contributed by atoms with Gasteiger partial charge in [0.15, 0.2) is 0 Å². The van der Waals surface area contributed by atoms with E-state index in [9.17, 15) is 5.11 Å². The molecule has 1 aliphatic rings. The summed E-state index contributed by atoms with van der Waals surface area (Å²) in [6.45, 7) is 7.63. The fourth-order valence-corrected chi connectivity index (χ4v) is 2.62. The quantitative estimate of drug-likeness (QED) is 0.872. The third-order valence-corrected chi connectivity index (χ3v) is 4.19. The largest absolute Gasteiger partial charge is 0.506 e. The third kappa shape index (κ3) is 2.93. The highest BCUT2D eigenvalue weighted by molar-refractivity contribution is 6.32. The lowest BCUT2D eigenvalue weighted by Crippen LogP contribution is -2.37. The van der Waals surface area contributed by atoms with Crippen molar-refractivity contribution in [3.63, 3.8) is 0 Å². The Morgan fingerprint density at radius 2 is 2.12 bits per heavy atom. The first-order valence-electron chi connectivity index (χ1n) is 6.26. The molecule has 0 spiro atoms. The Bertz CT molecular complexity index is 394. The van der Waals surface area contributed by atoms with Gasteiger partial charge in [-0.15, -0.1) is 0 Å². The molecule has 2 unspecified atom stereocenters. The van der Waals surface area contributed by atoms with Crippen LogP contribution in [0.1, 0.15) is 25.8 Å². The molecule has 1 N–H and O–H groups in total. The van der Waals surface area contributed by atoms with Gasteiger partial charge in [0.2, 0.25) is 0 Å². The van der Waals surface area contributed by atoms with Gasteiger partial charge >= 0.3 is 0 Å². The van der Waals surface area contributed by atoms with Crippen LogP contribution in [0.4, 0.5) is 0 Å². The van der Waals surface area contributed by atoms with Gasteiger partial charge in [0.05, 0.1) is 5.02 Å². The summed E-state index contributed by atoms with van der Waals surface area (Å²) in [4.78, 5) is 2.40. The van der Waals surface area contributed by atoms with Crippen molar-refractivity contribution in [2.75, 3.05) is 13.1 Å². The molecule has 2 nitrogen and oxygen atoms in total. The maximum absolute atomic E-state index is 9.89. The van der Waals surface area contributed by atoms with Crippen LogP contribution in [0.5, 0.6) is 5.75 Å². The Morgan fingerprint density at radius 1 is 1.35 bits per heavy atom. The van der Waals surface area contributed by atoms with Crippen LogP contribution in [0.2, 0.25) is 5.02 Å². The highest BCUT2D eigenvalue weighted by Crippen LogP contribution is 2.30. The number of para-hydroxylation sites is 1. The van der Waals surface area contributed by atoms with E-state index < -0.39 is 0 Å². The minimum Gasteiger partial charge on any atom is -0.506 e. The summed E-state index contributed by atoms with van der Waals surface area (Å²) >= 11 is 5.91. The zero-order chi connectivity index (χ0) is 12.4. The van der Waals surface area contributed by atoms with Crippen molar-refractivity contribution in [2.45, 2.75) is 26.8 Å². The Kier molecular flexibility index (Phi) is 3.95. The van der Waals surface area contributed by atoms with Crippen molar-refractivity contribution in [3.8, 4) is 5.75 Å². The number of rotatable bonds is 2. The second-order valence-electron chi connectivity index (χ2n) is 5.23. The van der Waals surface area contributed by atoms with Gasteiger partial charge in [-0.25, -0.2) is 0 Å². The zero-order valence-electron chi connectivity index (χ0n) is 10.5. The average Bonchev–Trinajstić information content (AvgIpc) is 2.30. The molecule has 17 heavy (non-hydrogen) atoms. The topological polar surface area (TPSA) is 23.5 Å². The number of likely N-dealkylation sites (tertiary alicyclic amines) is 1. The highest BCUT2D eigenvalue weighted by atomic mass is 35.5. The highest BCUT2D eigenvalue weighted by Gasteiger charge is 2.23. The van der Waals surface area contributed by atoms with E-state index in [1.165, 1.54) is 6.42 Å². The number of hydrogen-bond donors (Lipinski definition) is 1. The van der Waals surface area contributed by atoms with Crippen LogP contribution in [-0.4, -0.2) is 23.1 Å². The van der Waals surface area contributed by atoms with E-state index >= 15 is 0 Å². The molecule has 3 heteroatoms. The van der Waals surface area contributed by atoms with Crippen LogP contribution in [0.15, 0.2) is 18.2 Å². The normalized spacial score (nSPS) is 26.1. The Labute approximate surface area is 108 Å². The molecule has 2 rings (SSSR count). The van der Waals surface area contributed by atoms with Crippen molar-refractivity contribution in [2.24, 2.45) is 11.8 Å². The summed E-state index contributed by atoms with van der Waals surface area (Å²) in [7, 11) is 0. The monoisotopic (exact) mass is 253 g/mol. The molecule has 0 bridgehead atoms. The molecule has 1 heterocycles. The van der Waals surface area contributed by atoms with Crippen LogP contribution in [0.25, 0.3) is 0 Å². The van der Waals surface area contributed by atoms with Gasteiger partial charge in [-0.1, -0.05) is 37.6 Å². The lowest BCUT2D eigenvalue weighted by molar-refractivity contribution is 0.131. The number of benzene rings is 1. The molecule has 1 fully saturated rings. The fraction of sp³-hybridized carbons (Fsp3) is 0.571. The third-order valence-electron chi connectivity index (χ3n) is 3.88. The lowest BCUT2D eigenvalue weighted by atomic mass is 9.88. The standard InChI is InChI=1S/C14H20ClNO/c1-10-6-7-16(8-11(10)2)9-12-4-3-5-13(15)14(12)17/h3-5,10-11,17H,6-9H2,1-2H3. The lowest BCUT2D eigenvalue weighted by Gasteiger charge is -2.35. The molecule has 0 saturated carbocycles. The van der Waals surface area contributed by atoms with Gasteiger partial charge in [0, 0.05) is 18.7 Å². The number of hydrogen-bond acceptors (Lipinski definition) is 2.